The lowest BCUT2D eigenvalue weighted by Crippen LogP contribution is -2.23. The molecule has 2 heterocycles. The van der Waals surface area contributed by atoms with Gasteiger partial charge in [-0.3, -0.25) is 0 Å². The Morgan fingerprint density at radius 1 is 1.35 bits per heavy atom. The Morgan fingerprint density at radius 2 is 2.25 bits per heavy atom. The van der Waals surface area contributed by atoms with Crippen LogP contribution in [0.5, 0.6) is 0 Å². The number of rotatable bonds is 4. The van der Waals surface area contributed by atoms with Crippen molar-refractivity contribution in [3.8, 4) is 0 Å². The Bertz CT molecular complexity index is 696. The van der Waals surface area contributed by atoms with Crippen molar-refractivity contribution in [2.24, 2.45) is 0 Å². The predicted molar refractivity (Wildman–Crippen MR) is 78.4 cm³/mol. The maximum Gasteiger partial charge on any atom is 0.241 e. The van der Waals surface area contributed by atoms with Crippen LogP contribution in [0.4, 0.5) is 5.69 Å². The van der Waals surface area contributed by atoms with Crippen molar-refractivity contribution in [2.75, 3.05) is 17.6 Å². The van der Waals surface area contributed by atoms with Crippen LogP contribution >= 0.6 is 11.8 Å². The van der Waals surface area contributed by atoms with Gasteiger partial charge in [-0.2, -0.15) is 0 Å². The van der Waals surface area contributed by atoms with Crippen molar-refractivity contribution >= 4 is 27.5 Å². The van der Waals surface area contributed by atoms with Gasteiger partial charge in [0.25, 0.3) is 0 Å². The number of hydrogen-bond donors (Lipinski definition) is 2. The zero-order valence-electron chi connectivity index (χ0n) is 10.6. The van der Waals surface area contributed by atoms with Gasteiger partial charge in [-0.15, -0.1) is 11.8 Å². The number of thioether (sulfide) groups is 1. The maximum absolute atomic E-state index is 12.2. The molecule has 106 valence electrons. The minimum absolute atomic E-state index is 0.147. The molecule has 3 rings (SSSR count). The second kappa shape index (κ2) is 5.51. The zero-order chi connectivity index (χ0) is 14.0. The second-order valence-electron chi connectivity index (χ2n) is 4.34. The molecule has 0 saturated heterocycles. The number of furan rings is 1. The van der Waals surface area contributed by atoms with Crippen molar-refractivity contribution in [2.45, 2.75) is 16.3 Å². The van der Waals surface area contributed by atoms with Gasteiger partial charge in [0, 0.05) is 22.9 Å². The molecule has 1 aliphatic rings. The minimum atomic E-state index is -3.53. The van der Waals surface area contributed by atoms with Crippen molar-refractivity contribution in [3.63, 3.8) is 0 Å². The van der Waals surface area contributed by atoms with Crippen LogP contribution in [-0.4, -0.2) is 20.7 Å². The van der Waals surface area contributed by atoms with E-state index in [4.69, 9.17) is 4.42 Å². The van der Waals surface area contributed by atoms with Crippen molar-refractivity contribution < 1.29 is 12.8 Å². The van der Waals surface area contributed by atoms with Crippen molar-refractivity contribution in [3.05, 3.63) is 42.4 Å². The number of anilines is 1. The van der Waals surface area contributed by atoms with Gasteiger partial charge in [-0.25, -0.2) is 13.1 Å². The second-order valence-corrected chi connectivity index (χ2v) is 7.24. The van der Waals surface area contributed by atoms with E-state index in [-0.39, 0.29) is 11.4 Å². The molecule has 0 spiro atoms. The van der Waals surface area contributed by atoms with Crippen LogP contribution in [0.15, 0.2) is 50.8 Å². The van der Waals surface area contributed by atoms with Gasteiger partial charge in [0.05, 0.1) is 17.7 Å². The Balaban J connectivity index is 1.80. The molecule has 0 aliphatic carbocycles. The molecular weight excluding hydrogens is 296 g/mol. The molecule has 2 N–H and O–H groups in total. The molecule has 20 heavy (non-hydrogen) atoms. The summed E-state index contributed by atoms with van der Waals surface area (Å²) in [6.45, 7) is 0.996. The SMILES string of the molecule is O=S(=O)(NCc1ccco1)c1ccc2c(c1)NCCS2. The first-order chi connectivity index (χ1) is 9.65. The van der Waals surface area contributed by atoms with E-state index < -0.39 is 10.0 Å². The highest BCUT2D eigenvalue weighted by Crippen LogP contribution is 2.32. The lowest BCUT2D eigenvalue weighted by atomic mass is 10.3. The van der Waals surface area contributed by atoms with E-state index in [2.05, 4.69) is 10.0 Å². The summed E-state index contributed by atoms with van der Waals surface area (Å²) in [7, 11) is -3.53. The number of nitrogens with one attached hydrogen (secondary N) is 2. The molecule has 0 saturated carbocycles. The summed E-state index contributed by atoms with van der Waals surface area (Å²) in [5, 5.41) is 3.21. The Labute approximate surface area is 121 Å². The quantitative estimate of drug-likeness (QED) is 0.906. The molecule has 5 nitrogen and oxygen atoms in total. The lowest BCUT2D eigenvalue weighted by Gasteiger charge is -2.18. The molecule has 0 bridgehead atoms. The molecule has 0 atom stereocenters. The summed E-state index contributed by atoms with van der Waals surface area (Å²) in [5.74, 6) is 1.58. The summed E-state index contributed by atoms with van der Waals surface area (Å²) >= 11 is 1.73. The van der Waals surface area contributed by atoms with Crippen molar-refractivity contribution in [1.82, 2.24) is 4.72 Å². The van der Waals surface area contributed by atoms with Gasteiger partial charge in [0.1, 0.15) is 5.76 Å². The average Bonchev–Trinajstić information content (AvgIpc) is 2.98. The van der Waals surface area contributed by atoms with Crippen LogP contribution in [0, 0.1) is 0 Å². The van der Waals surface area contributed by atoms with Crippen LogP contribution in [0.3, 0.4) is 0 Å². The number of fused-ring (bicyclic) bond motifs is 1. The predicted octanol–water partition coefficient (Wildman–Crippen LogP) is 2.28. The smallest absolute Gasteiger partial charge is 0.241 e. The van der Waals surface area contributed by atoms with Gasteiger partial charge in [0.2, 0.25) is 10.0 Å². The summed E-state index contributed by atoms with van der Waals surface area (Å²) in [6.07, 6.45) is 1.52. The van der Waals surface area contributed by atoms with Gasteiger partial charge in [-0.1, -0.05) is 0 Å². The summed E-state index contributed by atoms with van der Waals surface area (Å²) in [5.41, 5.74) is 0.877. The molecule has 0 fully saturated rings. The summed E-state index contributed by atoms with van der Waals surface area (Å²) in [4.78, 5) is 1.35. The largest absolute Gasteiger partial charge is 0.468 e. The molecule has 2 aromatic rings. The fourth-order valence-electron chi connectivity index (χ4n) is 1.95. The van der Waals surface area contributed by atoms with Crippen LogP contribution < -0.4 is 10.0 Å². The van der Waals surface area contributed by atoms with Crippen LogP contribution in [0.25, 0.3) is 0 Å². The standard InChI is InChI=1S/C13H14N2O3S2/c16-20(17,15-9-10-2-1-6-18-10)11-3-4-13-12(8-11)14-5-7-19-13/h1-4,6,8,14-15H,5,7,9H2. The van der Waals surface area contributed by atoms with E-state index in [0.717, 1.165) is 22.9 Å². The molecule has 7 heteroatoms. The Hall–Kier alpha value is -1.44. The van der Waals surface area contributed by atoms with Crippen LogP contribution in [0.2, 0.25) is 0 Å². The number of sulfonamides is 1. The third kappa shape index (κ3) is 2.84. The third-order valence-electron chi connectivity index (χ3n) is 2.95. The number of hydrogen-bond acceptors (Lipinski definition) is 5. The molecule has 1 aromatic heterocycles. The molecule has 1 aromatic carbocycles. The highest BCUT2D eigenvalue weighted by molar-refractivity contribution is 7.99. The Morgan fingerprint density at radius 3 is 3.05 bits per heavy atom. The molecule has 0 unspecified atom stereocenters. The highest BCUT2D eigenvalue weighted by Gasteiger charge is 2.18. The minimum Gasteiger partial charge on any atom is -0.468 e. The first-order valence-electron chi connectivity index (χ1n) is 6.18. The van der Waals surface area contributed by atoms with Gasteiger partial charge in [-0.05, 0) is 30.3 Å². The van der Waals surface area contributed by atoms with E-state index in [0.29, 0.717) is 5.76 Å². The van der Waals surface area contributed by atoms with E-state index in [9.17, 15) is 8.42 Å². The van der Waals surface area contributed by atoms with Gasteiger partial charge >= 0.3 is 0 Å². The average molecular weight is 310 g/mol. The van der Waals surface area contributed by atoms with Crippen LogP contribution in [0.1, 0.15) is 5.76 Å². The number of benzene rings is 1. The highest BCUT2D eigenvalue weighted by atomic mass is 32.2. The molecule has 1 aliphatic heterocycles. The van der Waals surface area contributed by atoms with Crippen LogP contribution in [-0.2, 0) is 16.6 Å². The van der Waals surface area contributed by atoms with E-state index in [1.54, 1.807) is 36.0 Å². The first-order valence-corrected chi connectivity index (χ1v) is 8.65. The third-order valence-corrected chi connectivity index (χ3v) is 5.43. The Kier molecular flexibility index (Phi) is 3.73. The maximum atomic E-state index is 12.2. The van der Waals surface area contributed by atoms with E-state index in [1.807, 2.05) is 6.07 Å². The first kappa shape index (κ1) is 13.5. The zero-order valence-corrected chi connectivity index (χ0v) is 12.3. The monoisotopic (exact) mass is 310 g/mol. The topological polar surface area (TPSA) is 71.3 Å². The molecular formula is C13H14N2O3S2. The van der Waals surface area contributed by atoms with Gasteiger partial charge < -0.3 is 9.73 Å². The summed E-state index contributed by atoms with van der Waals surface area (Å²) in [6, 6.07) is 8.60. The lowest BCUT2D eigenvalue weighted by molar-refractivity contribution is 0.498. The van der Waals surface area contributed by atoms with Crippen molar-refractivity contribution in [1.29, 1.82) is 0 Å². The van der Waals surface area contributed by atoms with E-state index in [1.165, 1.54) is 6.26 Å². The van der Waals surface area contributed by atoms with Gasteiger partial charge in [0.15, 0.2) is 0 Å². The van der Waals surface area contributed by atoms with E-state index >= 15 is 0 Å². The fraction of sp³-hybridized carbons (Fsp3) is 0.231. The normalized spacial score (nSPS) is 14.6. The fourth-order valence-corrected chi connectivity index (χ4v) is 3.84. The summed E-state index contributed by atoms with van der Waals surface area (Å²) < 4.78 is 32.1. The molecule has 0 radical (unpaired) electrons. The molecule has 0 amide bonds.